The Hall–Kier alpha value is -0.500. The second-order valence-corrected chi connectivity index (χ2v) is 8.25. The molecule has 1 fully saturated rings. The highest BCUT2D eigenvalue weighted by Gasteiger charge is 2.22. The zero-order chi connectivity index (χ0) is 14.6. The molecule has 0 saturated carbocycles. The van der Waals surface area contributed by atoms with Gasteiger partial charge in [0.1, 0.15) is 0 Å². The number of hydrogen-bond donors (Lipinski definition) is 1. The van der Waals surface area contributed by atoms with Crippen LogP contribution in [0.2, 0.25) is 0 Å². The number of aryl methyl sites for hydroxylation is 3. The molecule has 1 aliphatic rings. The van der Waals surface area contributed by atoms with E-state index < -0.39 is 10.2 Å². The van der Waals surface area contributed by atoms with Crippen LogP contribution in [0.3, 0.4) is 0 Å². The van der Waals surface area contributed by atoms with Gasteiger partial charge in [0.2, 0.25) is 0 Å². The van der Waals surface area contributed by atoms with Crippen molar-refractivity contribution in [3.63, 3.8) is 0 Å². The van der Waals surface area contributed by atoms with E-state index in [2.05, 4.69) is 16.6 Å². The van der Waals surface area contributed by atoms with Gasteiger partial charge < -0.3 is 0 Å². The van der Waals surface area contributed by atoms with Crippen molar-refractivity contribution < 1.29 is 8.42 Å². The predicted octanol–water partition coefficient (Wildman–Crippen LogP) is 2.01. The van der Waals surface area contributed by atoms with E-state index in [-0.39, 0.29) is 0 Å². The third-order valence-corrected chi connectivity index (χ3v) is 6.33. The molecule has 0 atom stereocenters. The van der Waals surface area contributed by atoms with Crippen molar-refractivity contribution in [1.29, 1.82) is 0 Å². The minimum atomic E-state index is -3.27. The smallest absolute Gasteiger partial charge is 0.246 e. The molecule has 20 heavy (non-hydrogen) atoms. The molecule has 1 aromatic heterocycles. The van der Waals surface area contributed by atoms with Crippen LogP contribution in [0.1, 0.15) is 41.3 Å². The molecule has 0 radical (unpaired) electrons. The van der Waals surface area contributed by atoms with Gasteiger partial charge in [0.05, 0.1) is 10.7 Å². The Labute approximate surface area is 125 Å². The van der Waals surface area contributed by atoms with Crippen LogP contribution < -0.4 is 4.72 Å². The summed E-state index contributed by atoms with van der Waals surface area (Å²) in [6.45, 7) is 5.86. The number of thiazole rings is 1. The number of nitrogens with zero attached hydrogens (tertiary/aromatic N) is 2. The van der Waals surface area contributed by atoms with Gasteiger partial charge in [-0.1, -0.05) is 6.42 Å². The molecule has 7 heteroatoms. The van der Waals surface area contributed by atoms with E-state index in [9.17, 15) is 8.42 Å². The Kier molecular flexibility index (Phi) is 5.54. The van der Waals surface area contributed by atoms with E-state index in [1.165, 1.54) is 4.88 Å². The normalized spacial score (nSPS) is 17.5. The molecule has 1 N–H and O–H groups in total. The summed E-state index contributed by atoms with van der Waals surface area (Å²) in [5.74, 6) is 0. The van der Waals surface area contributed by atoms with Gasteiger partial charge in [-0.15, -0.1) is 11.3 Å². The van der Waals surface area contributed by atoms with E-state index in [0.29, 0.717) is 19.6 Å². The fraction of sp³-hybridized carbons (Fsp3) is 0.769. The summed E-state index contributed by atoms with van der Waals surface area (Å²) < 4.78 is 28.4. The summed E-state index contributed by atoms with van der Waals surface area (Å²) in [7, 11) is -3.27. The molecule has 5 nitrogen and oxygen atoms in total. The van der Waals surface area contributed by atoms with Gasteiger partial charge >= 0.3 is 0 Å². The second-order valence-electron chi connectivity index (χ2n) is 5.21. The first-order valence-electron chi connectivity index (χ1n) is 7.17. The molecule has 0 aliphatic carbocycles. The molecule has 2 heterocycles. The van der Waals surface area contributed by atoms with E-state index >= 15 is 0 Å². The maximum absolute atomic E-state index is 12.1. The van der Waals surface area contributed by atoms with Crippen LogP contribution >= 0.6 is 11.3 Å². The number of rotatable bonds is 6. The molecular weight excluding hydrogens is 294 g/mol. The van der Waals surface area contributed by atoms with Crippen LogP contribution in [-0.2, 0) is 16.6 Å². The van der Waals surface area contributed by atoms with Crippen LogP contribution in [0.25, 0.3) is 0 Å². The number of nitrogens with one attached hydrogen (secondary N) is 1. The van der Waals surface area contributed by atoms with E-state index in [1.54, 1.807) is 15.6 Å². The van der Waals surface area contributed by atoms with Crippen LogP contribution in [-0.4, -0.2) is 37.3 Å². The summed E-state index contributed by atoms with van der Waals surface area (Å²) in [4.78, 5) is 5.71. The lowest BCUT2D eigenvalue weighted by Crippen LogP contribution is -2.43. The Bertz CT molecular complexity index is 514. The Morgan fingerprint density at radius 1 is 1.25 bits per heavy atom. The lowest BCUT2D eigenvalue weighted by Gasteiger charge is -2.25. The maximum Gasteiger partial charge on any atom is 0.279 e. The van der Waals surface area contributed by atoms with Gasteiger partial charge in [0.25, 0.3) is 10.2 Å². The van der Waals surface area contributed by atoms with Crippen molar-refractivity contribution in [1.82, 2.24) is 14.0 Å². The van der Waals surface area contributed by atoms with Crippen molar-refractivity contribution in [3.8, 4) is 0 Å². The number of aromatic nitrogens is 1. The molecule has 0 spiro atoms. The summed E-state index contributed by atoms with van der Waals surface area (Å²) in [5.41, 5.74) is 1.08. The highest BCUT2D eigenvalue weighted by molar-refractivity contribution is 7.87. The topological polar surface area (TPSA) is 62.3 Å². The molecule has 1 saturated heterocycles. The molecule has 1 aliphatic heterocycles. The van der Waals surface area contributed by atoms with E-state index in [1.807, 2.05) is 6.92 Å². The third-order valence-electron chi connectivity index (χ3n) is 3.58. The molecule has 0 amide bonds. The van der Waals surface area contributed by atoms with Gasteiger partial charge in [0.15, 0.2) is 0 Å². The van der Waals surface area contributed by atoms with Gasteiger partial charge in [-0.3, -0.25) is 0 Å². The van der Waals surface area contributed by atoms with Crippen LogP contribution in [0.4, 0.5) is 0 Å². The van der Waals surface area contributed by atoms with Gasteiger partial charge in [-0.05, 0) is 33.1 Å². The SMILES string of the molecule is Cc1nc(CCCNS(=O)(=O)N2CCCCC2)sc1C. The maximum atomic E-state index is 12.1. The fourth-order valence-electron chi connectivity index (χ4n) is 2.28. The first kappa shape index (κ1) is 15.9. The summed E-state index contributed by atoms with van der Waals surface area (Å²) in [6.07, 6.45) is 4.70. The van der Waals surface area contributed by atoms with Gasteiger partial charge in [-0.25, -0.2) is 9.71 Å². The average Bonchev–Trinajstić information content (AvgIpc) is 2.75. The van der Waals surface area contributed by atoms with Crippen molar-refractivity contribution >= 4 is 21.5 Å². The van der Waals surface area contributed by atoms with E-state index in [0.717, 1.165) is 42.8 Å². The largest absolute Gasteiger partial charge is 0.279 e. The molecule has 0 unspecified atom stereocenters. The minimum Gasteiger partial charge on any atom is -0.246 e. The Morgan fingerprint density at radius 3 is 2.55 bits per heavy atom. The van der Waals surface area contributed by atoms with Crippen LogP contribution in [0, 0.1) is 13.8 Å². The molecule has 0 aromatic carbocycles. The molecule has 2 rings (SSSR count). The number of hydrogen-bond acceptors (Lipinski definition) is 4. The van der Waals surface area contributed by atoms with Crippen molar-refractivity contribution in [2.45, 2.75) is 46.0 Å². The average molecular weight is 317 g/mol. The Balaban J connectivity index is 1.74. The minimum absolute atomic E-state index is 0.483. The molecule has 114 valence electrons. The zero-order valence-electron chi connectivity index (χ0n) is 12.2. The standard InChI is InChI=1S/C13H23N3O2S2/c1-11-12(2)19-13(15-11)7-6-8-14-20(17,18)16-9-4-3-5-10-16/h14H,3-10H2,1-2H3. The van der Waals surface area contributed by atoms with Crippen molar-refractivity contribution in [2.75, 3.05) is 19.6 Å². The zero-order valence-corrected chi connectivity index (χ0v) is 13.8. The van der Waals surface area contributed by atoms with Gasteiger partial charge in [0, 0.05) is 30.9 Å². The molecule has 1 aromatic rings. The predicted molar refractivity (Wildman–Crippen MR) is 82.3 cm³/mol. The molecular formula is C13H23N3O2S2. The first-order chi connectivity index (χ1) is 9.49. The summed E-state index contributed by atoms with van der Waals surface area (Å²) >= 11 is 1.70. The third kappa shape index (κ3) is 4.25. The highest BCUT2D eigenvalue weighted by atomic mass is 32.2. The van der Waals surface area contributed by atoms with Gasteiger partial charge in [-0.2, -0.15) is 12.7 Å². The van der Waals surface area contributed by atoms with Crippen molar-refractivity contribution in [3.05, 3.63) is 15.6 Å². The lowest BCUT2D eigenvalue weighted by atomic mass is 10.2. The van der Waals surface area contributed by atoms with E-state index in [4.69, 9.17) is 0 Å². The Morgan fingerprint density at radius 2 is 1.95 bits per heavy atom. The van der Waals surface area contributed by atoms with Crippen molar-refractivity contribution in [2.24, 2.45) is 0 Å². The lowest BCUT2D eigenvalue weighted by molar-refractivity contribution is 0.341. The fourth-order valence-corrected chi connectivity index (χ4v) is 4.58. The monoisotopic (exact) mass is 317 g/mol. The number of piperidine rings is 1. The summed E-state index contributed by atoms with van der Waals surface area (Å²) in [6, 6.07) is 0. The first-order valence-corrected chi connectivity index (χ1v) is 9.42. The summed E-state index contributed by atoms with van der Waals surface area (Å²) in [5, 5.41) is 1.09. The molecule has 0 bridgehead atoms. The van der Waals surface area contributed by atoms with Crippen LogP contribution in [0.5, 0.6) is 0 Å². The van der Waals surface area contributed by atoms with Crippen LogP contribution in [0.15, 0.2) is 0 Å². The quantitative estimate of drug-likeness (QED) is 0.817. The second kappa shape index (κ2) is 6.98. The highest BCUT2D eigenvalue weighted by Crippen LogP contribution is 2.17.